The summed E-state index contributed by atoms with van der Waals surface area (Å²) in [6.45, 7) is 1.97. The molecule has 0 bridgehead atoms. The molecule has 3 aromatic carbocycles. The van der Waals surface area contributed by atoms with E-state index in [9.17, 15) is 9.59 Å². The van der Waals surface area contributed by atoms with Crippen LogP contribution in [0.2, 0.25) is 0 Å². The number of para-hydroxylation sites is 1. The van der Waals surface area contributed by atoms with Gasteiger partial charge in [0.05, 0.1) is 18.2 Å². The number of aryl methyl sites for hydroxylation is 2. The van der Waals surface area contributed by atoms with E-state index in [1.54, 1.807) is 31.4 Å². The van der Waals surface area contributed by atoms with E-state index >= 15 is 0 Å². The Labute approximate surface area is 174 Å². The number of rotatable bonds is 4. The molecule has 150 valence electrons. The topological polar surface area (TPSA) is 60.3 Å². The third-order valence-electron chi connectivity index (χ3n) is 5.21. The minimum atomic E-state index is -0.274. The van der Waals surface area contributed by atoms with Gasteiger partial charge in [0.25, 0.3) is 5.91 Å². The van der Waals surface area contributed by atoms with Crippen molar-refractivity contribution in [2.24, 2.45) is 7.05 Å². The highest BCUT2D eigenvalue weighted by atomic mass is 16.5. The fraction of sp³-hybridized carbons (Fsp3) is 0.120. The lowest BCUT2D eigenvalue weighted by Gasteiger charge is -2.18. The van der Waals surface area contributed by atoms with Gasteiger partial charge in [-0.25, -0.2) is 0 Å². The van der Waals surface area contributed by atoms with Crippen LogP contribution in [0.1, 0.15) is 15.9 Å². The Hall–Kier alpha value is -3.86. The Balaban J connectivity index is 1.94. The van der Waals surface area contributed by atoms with Gasteiger partial charge in [0, 0.05) is 18.0 Å². The van der Waals surface area contributed by atoms with E-state index in [1.165, 1.54) is 0 Å². The van der Waals surface area contributed by atoms with Crippen LogP contribution >= 0.6 is 0 Å². The third-order valence-corrected chi connectivity index (χ3v) is 5.21. The van der Waals surface area contributed by atoms with Crippen LogP contribution in [0.25, 0.3) is 22.0 Å². The van der Waals surface area contributed by atoms with E-state index in [-0.39, 0.29) is 11.3 Å². The summed E-state index contributed by atoms with van der Waals surface area (Å²) < 4.78 is 7.18. The van der Waals surface area contributed by atoms with Crippen LogP contribution in [0, 0.1) is 6.92 Å². The molecule has 0 saturated heterocycles. The Morgan fingerprint density at radius 1 is 0.967 bits per heavy atom. The molecule has 5 nitrogen and oxygen atoms in total. The summed E-state index contributed by atoms with van der Waals surface area (Å²) in [4.78, 5) is 26.4. The second-order valence-electron chi connectivity index (χ2n) is 7.18. The summed E-state index contributed by atoms with van der Waals surface area (Å²) in [5.74, 6) is 0.806. The van der Waals surface area contributed by atoms with Gasteiger partial charge in [0.2, 0.25) is 0 Å². The maximum atomic E-state index is 13.5. The first-order valence-electron chi connectivity index (χ1n) is 9.64. The third kappa shape index (κ3) is 3.46. The zero-order valence-electron chi connectivity index (χ0n) is 17.1. The molecule has 0 spiro atoms. The zero-order valence-corrected chi connectivity index (χ0v) is 17.1. The van der Waals surface area contributed by atoms with Gasteiger partial charge in [-0.05, 0) is 48.9 Å². The lowest BCUT2D eigenvalue weighted by atomic mass is 10.0. The van der Waals surface area contributed by atoms with Gasteiger partial charge >= 0.3 is 0 Å². The molecule has 1 amide bonds. The fourth-order valence-electron chi connectivity index (χ4n) is 3.57. The second kappa shape index (κ2) is 7.87. The molecule has 0 atom stereocenters. The molecule has 30 heavy (non-hydrogen) atoms. The van der Waals surface area contributed by atoms with Gasteiger partial charge in [-0.15, -0.1) is 0 Å². The van der Waals surface area contributed by atoms with Crippen molar-refractivity contribution in [3.8, 4) is 16.9 Å². The number of methoxy groups -OCH3 is 1. The van der Waals surface area contributed by atoms with Gasteiger partial charge in [-0.2, -0.15) is 0 Å². The summed E-state index contributed by atoms with van der Waals surface area (Å²) in [5, 5.41) is 3.56. The average molecular weight is 398 g/mol. The number of nitrogens with one attached hydrogen (secondary N) is 1. The zero-order chi connectivity index (χ0) is 21.3. The molecular weight excluding hydrogens is 376 g/mol. The Morgan fingerprint density at radius 3 is 2.43 bits per heavy atom. The van der Waals surface area contributed by atoms with Gasteiger partial charge < -0.3 is 14.6 Å². The Bertz CT molecular complexity index is 1300. The van der Waals surface area contributed by atoms with Crippen LogP contribution < -0.4 is 15.5 Å². The van der Waals surface area contributed by atoms with Gasteiger partial charge in [0.15, 0.2) is 5.43 Å². The standard InChI is InChI=1S/C25H22N2O3/c1-16-11-13-17(14-12-16)25(29)26-24-22(18-7-6-8-19(15-18)30-3)23(28)20-9-4-5-10-21(20)27(24)2/h4-15H,1-3H3,(H,26,29). The number of carbonyl (C=O) groups is 1. The molecule has 0 unspecified atom stereocenters. The summed E-state index contributed by atoms with van der Waals surface area (Å²) in [6.07, 6.45) is 0. The first kappa shape index (κ1) is 19.5. The molecule has 0 saturated carbocycles. The van der Waals surface area contributed by atoms with Crippen LogP contribution in [0.3, 0.4) is 0 Å². The Morgan fingerprint density at radius 2 is 1.70 bits per heavy atom. The van der Waals surface area contributed by atoms with E-state index in [1.807, 2.05) is 67.1 Å². The van der Waals surface area contributed by atoms with Gasteiger partial charge in [0.1, 0.15) is 11.6 Å². The van der Waals surface area contributed by atoms with E-state index in [2.05, 4.69) is 5.32 Å². The van der Waals surface area contributed by atoms with Crippen molar-refractivity contribution >= 4 is 22.6 Å². The molecule has 4 rings (SSSR count). The van der Waals surface area contributed by atoms with Crippen molar-refractivity contribution < 1.29 is 9.53 Å². The van der Waals surface area contributed by atoms with E-state index in [4.69, 9.17) is 4.74 Å². The van der Waals surface area contributed by atoms with Crippen molar-refractivity contribution in [2.75, 3.05) is 12.4 Å². The average Bonchev–Trinajstić information content (AvgIpc) is 2.78. The van der Waals surface area contributed by atoms with Crippen LogP contribution in [-0.4, -0.2) is 17.6 Å². The van der Waals surface area contributed by atoms with Crippen molar-refractivity contribution in [1.82, 2.24) is 4.57 Å². The monoisotopic (exact) mass is 398 g/mol. The summed E-state index contributed by atoms with van der Waals surface area (Å²) >= 11 is 0. The number of ether oxygens (including phenoxy) is 1. The number of carbonyl (C=O) groups excluding carboxylic acids is 1. The van der Waals surface area contributed by atoms with E-state index < -0.39 is 0 Å². The number of hydrogen-bond donors (Lipinski definition) is 1. The van der Waals surface area contributed by atoms with Crippen molar-refractivity contribution in [2.45, 2.75) is 6.92 Å². The highest BCUT2D eigenvalue weighted by Crippen LogP contribution is 2.30. The lowest BCUT2D eigenvalue weighted by molar-refractivity contribution is 0.102. The quantitative estimate of drug-likeness (QED) is 0.538. The largest absolute Gasteiger partial charge is 0.497 e. The first-order chi connectivity index (χ1) is 14.5. The molecule has 0 aliphatic carbocycles. The normalized spacial score (nSPS) is 10.8. The molecule has 5 heteroatoms. The fourth-order valence-corrected chi connectivity index (χ4v) is 3.57. The molecule has 0 aliphatic heterocycles. The van der Waals surface area contributed by atoms with Crippen molar-refractivity contribution in [3.05, 3.63) is 94.1 Å². The van der Waals surface area contributed by atoms with Gasteiger partial charge in [-0.3, -0.25) is 9.59 Å². The number of fused-ring (bicyclic) bond motifs is 1. The number of aromatic nitrogens is 1. The summed E-state index contributed by atoms with van der Waals surface area (Å²) in [5.41, 5.74) is 3.31. The predicted molar refractivity (Wildman–Crippen MR) is 120 cm³/mol. The maximum Gasteiger partial charge on any atom is 0.256 e. The Kier molecular flexibility index (Phi) is 5.11. The lowest BCUT2D eigenvalue weighted by Crippen LogP contribution is -2.21. The second-order valence-corrected chi connectivity index (χ2v) is 7.18. The molecule has 0 aliphatic rings. The molecule has 1 heterocycles. The van der Waals surface area contributed by atoms with Gasteiger partial charge in [-0.1, -0.05) is 42.0 Å². The number of hydrogen-bond acceptors (Lipinski definition) is 3. The highest BCUT2D eigenvalue weighted by molar-refractivity contribution is 6.06. The number of anilines is 1. The van der Waals surface area contributed by atoms with E-state index in [0.717, 1.165) is 11.1 Å². The number of amides is 1. The highest BCUT2D eigenvalue weighted by Gasteiger charge is 2.19. The number of pyridine rings is 1. The van der Waals surface area contributed by atoms with Crippen LogP contribution in [0.15, 0.2) is 77.6 Å². The maximum absolute atomic E-state index is 13.5. The molecule has 1 aromatic heterocycles. The molecular formula is C25H22N2O3. The van der Waals surface area contributed by atoms with Crippen molar-refractivity contribution in [3.63, 3.8) is 0 Å². The number of benzene rings is 3. The van der Waals surface area contributed by atoms with E-state index in [0.29, 0.717) is 33.6 Å². The first-order valence-corrected chi connectivity index (χ1v) is 9.64. The minimum absolute atomic E-state index is 0.142. The molecule has 0 fully saturated rings. The minimum Gasteiger partial charge on any atom is -0.497 e. The molecule has 0 radical (unpaired) electrons. The summed E-state index contributed by atoms with van der Waals surface area (Å²) in [6, 6.07) is 22.0. The number of nitrogens with zero attached hydrogens (tertiary/aromatic N) is 1. The SMILES string of the molecule is COc1cccc(-c2c(NC(=O)c3ccc(C)cc3)n(C)c3ccccc3c2=O)c1. The van der Waals surface area contributed by atoms with Crippen molar-refractivity contribution in [1.29, 1.82) is 0 Å². The van der Waals surface area contributed by atoms with Crippen LogP contribution in [0.5, 0.6) is 5.75 Å². The summed E-state index contributed by atoms with van der Waals surface area (Å²) in [7, 11) is 3.42. The smallest absolute Gasteiger partial charge is 0.256 e. The molecule has 1 N–H and O–H groups in total. The van der Waals surface area contributed by atoms with Crippen LogP contribution in [0.4, 0.5) is 5.82 Å². The predicted octanol–water partition coefficient (Wildman–Crippen LogP) is 4.77. The molecule has 4 aromatic rings. The van der Waals surface area contributed by atoms with Crippen LogP contribution in [-0.2, 0) is 7.05 Å².